The highest BCUT2D eigenvalue weighted by Gasteiger charge is 2.22. The van der Waals surface area contributed by atoms with Gasteiger partial charge < -0.3 is 10.1 Å². The van der Waals surface area contributed by atoms with Gasteiger partial charge in [-0.1, -0.05) is 32.0 Å². The first-order valence-electron chi connectivity index (χ1n) is 10.1. The molecule has 30 heavy (non-hydrogen) atoms. The number of carbonyl (C=O) groups excluding carboxylic acids is 1. The van der Waals surface area contributed by atoms with E-state index < -0.39 is 0 Å². The molecular weight excluding hydrogens is 400 g/mol. The number of fused-ring (bicyclic) bond motifs is 1. The molecule has 8 nitrogen and oxygen atoms in total. The van der Waals surface area contributed by atoms with Crippen molar-refractivity contribution >= 4 is 28.7 Å². The maximum Gasteiger partial charge on any atom is 0.233 e. The van der Waals surface area contributed by atoms with E-state index in [4.69, 9.17) is 15.1 Å². The number of aryl methyl sites for hydroxylation is 1. The molecule has 9 heteroatoms. The van der Waals surface area contributed by atoms with Gasteiger partial charge in [-0.15, -0.1) is 0 Å². The van der Waals surface area contributed by atoms with Crippen molar-refractivity contribution in [3.05, 3.63) is 35.4 Å². The Morgan fingerprint density at radius 1 is 1.33 bits per heavy atom. The Hall–Kier alpha value is -2.81. The van der Waals surface area contributed by atoms with E-state index in [1.165, 1.54) is 11.8 Å². The highest BCUT2D eigenvalue weighted by atomic mass is 32.2. The second-order valence-electron chi connectivity index (χ2n) is 6.98. The lowest BCUT2D eigenvalue weighted by Crippen LogP contribution is -2.33. The molecule has 0 unspecified atom stereocenters. The normalized spacial score (nSPS) is 12.1. The van der Waals surface area contributed by atoms with E-state index in [-0.39, 0.29) is 16.6 Å². The van der Waals surface area contributed by atoms with Crippen molar-refractivity contribution in [2.45, 2.75) is 50.4 Å². The van der Waals surface area contributed by atoms with Crippen LogP contribution in [-0.4, -0.2) is 44.6 Å². The third-order valence-electron chi connectivity index (χ3n) is 4.85. The summed E-state index contributed by atoms with van der Waals surface area (Å²) >= 11 is 1.36. The fourth-order valence-electron chi connectivity index (χ4n) is 3.13. The van der Waals surface area contributed by atoms with E-state index >= 15 is 0 Å². The van der Waals surface area contributed by atoms with Gasteiger partial charge in [0.25, 0.3) is 0 Å². The minimum atomic E-state index is -0.309. The minimum absolute atomic E-state index is 0.0103. The molecule has 2 aromatic heterocycles. The molecule has 0 bridgehead atoms. The van der Waals surface area contributed by atoms with Crippen molar-refractivity contribution in [2.24, 2.45) is 0 Å². The number of amides is 1. The van der Waals surface area contributed by atoms with Crippen molar-refractivity contribution in [1.82, 2.24) is 25.1 Å². The predicted molar refractivity (Wildman–Crippen MR) is 118 cm³/mol. The van der Waals surface area contributed by atoms with Crippen LogP contribution in [0, 0.1) is 12.3 Å². The monoisotopic (exact) mass is 428 g/mol. The second kappa shape index (κ2) is 9.80. The smallest absolute Gasteiger partial charge is 0.233 e. The van der Waals surface area contributed by atoms with Crippen LogP contribution in [0.25, 0.3) is 16.7 Å². The van der Waals surface area contributed by atoms with E-state index in [1.807, 2.05) is 38.1 Å². The molecular formula is C21H28N6O2S. The van der Waals surface area contributed by atoms with Crippen molar-refractivity contribution in [3.8, 4) is 11.4 Å². The molecule has 0 aliphatic carbocycles. The van der Waals surface area contributed by atoms with Crippen molar-refractivity contribution < 1.29 is 9.53 Å². The molecule has 2 heterocycles. The Bertz CT molecular complexity index is 1070. The van der Waals surface area contributed by atoms with Crippen LogP contribution < -0.4 is 15.5 Å². The highest BCUT2D eigenvalue weighted by Crippen LogP contribution is 2.27. The average molecular weight is 429 g/mol. The van der Waals surface area contributed by atoms with Crippen LogP contribution in [0.3, 0.4) is 0 Å². The van der Waals surface area contributed by atoms with Crippen LogP contribution in [0.15, 0.2) is 29.4 Å². The van der Waals surface area contributed by atoms with E-state index in [1.54, 1.807) is 11.7 Å². The Morgan fingerprint density at radius 2 is 2.07 bits per heavy atom. The van der Waals surface area contributed by atoms with E-state index in [0.717, 1.165) is 30.0 Å². The third-order valence-corrected chi connectivity index (χ3v) is 6.17. The number of carbonyl (C=O) groups is 1. The van der Waals surface area contributed by atoms with Crippen LogP contribution in [0.1, 0.15) is 38.8 Å². The first kappa shape index (κ1) is 21.9. The van der Waals surface area contributed by atoms with Crippen LogP contribution >= 0.6 is 11.8 Å². The number of thioether (sulfide) groups is 1. The number of hydrogen-bond donors (Lipinski definition) is 3. The van der Waals surface area contributed by atoms with Crippen molar-refractivity contribution in [3.63, 3.8) is 0 Å². The molecule has 1 aromatic carbocycles. The topological polar surface area (TPSA) is 109 Å². The Labute approximate surface area is 179 Å². The number of rotatable bonds is 9. The summed E-state index contributed by atoms with van der Waals surface area (Å²) in [4.78, 5) is 17.4. The molecule has 0 fully saturated rings. The molecule has 0 aliphatic rings. The number of methoxy groups -OCH3 is 1. The number of ether oxygens (including phenoxy) is 1. The van der Waals surface area contributed by atoms with Crippen molar-refractivity contribution in [1.29, 1.82) is 5.41 Å². The third kappa shape index (κ3) is 4.51. The minimum Gasteiger partial charge on any atom is -0.497 e. The zero-order chi connectivity index (χ0) is 21.7. The number of H-pyrrole nitrogens is 1. The van der Waals surface area contributed by atoms with Crippen LogP contribution in [-0.2, 0) is 4.79 Å². The summed E-state index contributed by atoms with van der Waals surface area (Å²) < 4.78 is 7.02. The predicted octanol–water partition coefficient (Wildman–Crippen LogP) is 3.33. The van der Waals surface area contributed by atoms with Gasteiger partial charge in [0.05, 0.1) is 17.7 Å². The zero-order valence-corrected chi connectivity index (χ0v) is 18.6. The molecule has 3 rings (SSSR count). The van der Waals surface area contributed by atoms with Gasteiger partial charge in [-0.2, -0.15) is 5.10 Å². The summed E-state index contributed by atoms with van der Waals surface area (Å²) in [6, 6.07) is 7.45. The molecule has 1 atom stereocenters. The lowest BCUT2D eigenvalue weighted by atomic mass is 10.2. The number of nitrogens with one attached hydrogen (secondary N) is 3. The molecule has 0 saturated heterocycles. The van der Waals surface area contributed by atoms with E-state index in [9.17, 15) is 4.79 Å². The van der Waals surface area contributed by atoms with E-state index in [0.29, 0.717) is 29.2 Å². The molecule has 0 spiro atoms. The largest absolute Gasteiger partial charge is 0.497 e. The number of unbranched alkanes of at least 4 members (excludes halogenated alkanes) is 1. The summed E-state index contributed by atoms with van der Waals surface area (Å²) in [5.74, 6) is 0.721. The summed E-state index contributed by atoms with van der Waals surface area (Å²) in [6.45, 7) is 6.61. The Morgan fingerprint density at radius 3 is 2.70 bits per heavy atom. The molecule has 0 saturated carbocycles. The molecule has 160 valence electrons. The molecule has 0 aliphatic heterocycles. The van der Waals surface area contributed by atoms with Gasteiger partial charge in [-0.25, -0.2) is 4.98 Å². The van der Waals surface area contributed by atoms with Gasteiger partial charge >= 0.3 is 0 Å². The SMILES string of the molecule is CCCCNC(=O)[C@@H](CC)Sc1nc2n[nH]c(C)c2c(=N)n1-c1ccc(OC)cc1. The van der Waals surface area contributed by atoms with Crippen LogP contribution in [0.5, 0.6) is 5.75 Å². The number of benzene rings is 1. The van der Waals surface area contributed by atoms with Gasteiger partial charge in [0.1, 0.15) is 11.2 Å². The zero-order valence-electron chi connectivity index (χ0n) is 17.8. The average Bonchev–Trinajstić information content (AvgIpc) is 3.13. The van der Waals surface area contributed by atoms with Gasteiger partial charge in [0.15, 0.2) is 10.8 Å². The standard InChI is InChI=1S/C21H28N6O2S/c1-5-7-12-23-20(28)16(6-2)30-21-24-19-17(13(3)25-26-19)18(22)27(21)14-8-10-15(29-4)11-9-14/h8-11,16,22H,5-7,12H2,1-4H3,(H,23,28)(H,25,26)/t16-/m1/s1. The number of aromatic nitrogens is 4. The molecule has 3 N–H and O–H groups in total. The number of hydrogen-bond acceptors (Lipinski definition) is 6. The molecule has 1 amide bonds. The van der Waals surface area contributed by atoms with Gasteiger partial charge in [0, 0.05) is 17.9 Å². The summed E-state index contributed by atoms with van der Waals surface area (Å²) in [5.41, 5.74) is 2.32. The molecule has 0 radical (unpaired) electrons. The first-order valence-corrected chi connectivity index (χ1v) is 11.0. The lowest BCUT2D eigenvalue weighted by molar-refractivity contribution is -0.120. The van der Waals surface area contributed by atoms with E-state index in [2.05, 4.69) is 22.4 Å². The van der Waals surface area contributed by atoms with Gasteiger partial charge in [0.2, 0.25) is 5.91 Å². The Kier molecular flexibility index (Phi) is 7.15. The second-order valence-corrected chi connectivity index (χ2v) is 8.15. The first-order chi connectivity index (χ1) is 14.5. The molecule has 3 aromatic rings. The Balaban J connectivity index is 2.05. The maximum atomic E-state index is 12.7. The van der Waals surface area contributed by atoms with Crippen molar-refractivity contribution in [2.75, 3.05) is 13.7 Å². The summed E-state index contributed by atoms with van der Waals surface area (Å²) in [5, 5.41) is 19.9. The quantitative estimate of drug-likeness (QED) is 0.275. The van der Waals surface area contributed by atoms with Gasteiger partial charge in [-0.05, 0) is 44.0 Å². The fraction of sp³-hybridized carbons (Fsp3) is 0.429. The summed E-state index contributed by atoms with van der Waals surface area (Å²) in [7, 11) is 1.62. The summed E-state index contributed by atoms with van der Waals surface area (Å²) in [6.07, 6.45) is 2.63. The fourth-order valence-corrected chi connectivity index (χ4v) is 4.18. The van der Waals surface area contributed by atoms with Crippen LogP contribution in [0.4, 0.5) is 0 Å². The highest BCUT2D eigenvalue weighted by molar-refractivity contribution is 8.00. The number of nitrogens with zero attached hydrogens (tertiary/aromatic N) is 3. The van der Waals surface area contributed by atoms with Gasteiger partial charge in [-0.3, -0.25) is 19.9 Å². The number of aromatic amines is 1. The maximum absolute atomic E-state index is 12.7. The lowest BCUT2D eigenvalue weighted by Gasteiger charge is -2.18. The van der Waals surface area contributed by atoms with Crippen LogP contribution in [0.2, 0.25) is 0 Å².